The number of carbonyl (C=O) groups excluding carboxylic acids is 1. The van der Waals surface area contributed by atoms with Crippen LogP contribution in [0.5, 0.6) is 0 Å². The molecule has 1 aliphatic carbocycles. The number of halogens is 1. The van der Waals surface area contributed by atoms with Gasteiger partial charge in [0, 0.05) is 12.6 Å². The highest BCUT2D eigenvalue weighted by Gasteiger charge is 2.23. The number of sulfonamides is 1. The van der Waals surface area contributed by atoms with Gasteiger partial charge in [0.1, 0.15) is 5.82 Å². The lowest BCUT2D eigenvalue weighted by molar-refractivity contribution is 0.241. The summed E-state index contributed by atoms with van der Waals surface area (Å²) < 4.78 is 37.6. The van der Waals surface area contributed by atoms with E-state index in [0.29, 0.717) is 5.69 Å². The van der Waals surface area contributed by atoms with E-state index >= 15 is 0 Å². The van der Waals surface area contributed by atoms with Crippen molar-refractivity contribution >= 4 is 21.7 Å². The third kappa shape index (κ3) is 4.89. The molecule has 0 aliphatic heterocycles. The number of amides is 2. The Hall–Kier alpha value is -1.83. The average molecular weight is 315 g/mol. The number of benzene rings is 1. The van der Waals surface area contributed by atoms with Gasteiger partial charge in [-0.25, -0.2) is 17.6 Å². The first kappa shape index (κ1) is 15.6. The fourth-order valence-electron chi connectivity index (χ4n) is 1.83. The highest BCUT2D eigenvalue weighted by atomic mass is 32.2. The Morgan fingerprint density at radius 3 is 2.48 bits per heavy atom. The minimum absolute atomic E-state index is 0.0859. The van der Waals surface area contributed by atoms with Crippen LogP contribution in [0.3, 0.4) is 0 Å². The molecule has 1 fully saturated rings. The van der Waals surface area contributed by atoms with Gasteiger partial charge < -0.3 is 10.6 Å². The molecule has 2 N–H and O–H groups in total. The number of nitrogens with one attached hydrogen (secondary N) is 2. The van der Waals surface area contributed by atoms with Crippen molar-refractivity contribution in [3.05, 3.63) is 30.1 Å². The molecule has 0 spiro atoms. The molecular weight excluding hydrogens is 297 g/mol. The molecule has 1 aliphatic rings. The van der Waals surface area contributed by atoms with Gasteiger partial charge in [0.15, 0.2) is 0 Å². The van der Waals surface area contributed by atoms with Crippen molar-refractivity contribution in [3.63, 3.8) is 0 Å². The number of carbonyl (C=O) groups is 1. The molecular formula is C13H18FN3O3S. The zero-order valence-electron chi connectivity index (χ0n) is 11.7. The number of anilines is 1. The van der Waals surface area contributed by atoms with Crippen LogP contribution >= 0.6 is 0 Å². The Labute approximate surface area is 123 Å². The molecule has 2 amide bonds. The maximum Gasteiger partial charge on any atom is 0.315 e. The van der Waals surface area contributed by atoms with Crippen molar-refractivity contribution in [2.45, 2.75) is 18.9 Å². The summed E-state index contributed by atoms with van der Waals surface area (Å²) in [5, 5.41) is 5.35. The Balaban J connectivity index is 1.93. The smallest absolute Gasteiger partial charge is 0.315 e. The zero-order chi connectivity index (χ0) is 15.5. The van der Waals surface area contributed by atoms with Gasteiger partial charge in [0.2, 0.25) is 10.0 Å². The molecule has 0 radical (unpaired) electrons. The van der Waals surface area contributed by atoms with Crippen LogP contribution in [0.4, 0.5) is 14.9 Å². The van der Waals surface area contributed by atoms with Gasteiger partial charge in [0.25, 0.3) is 0 Å². The first-order chi connectivity index (χ1) is 9.86. The molecule has 1 aromatic carbocycles. The van der Waals surface area contributed by atoms with Crippen molar-refractivity contribution in [1.82, 2.24) is 10.6 Å². The first-order valence-electron chi connectivity index (χ1n) is 6.64. The fourth-order valence-corrected chi connectivity index (χ4v) is 2.76. The van der Waals surface area contributed by atoms with Crippen LogP contribution in [0.2, 0.25) is 0 Å². The summed E-state index contributed by atoms with van der Waals surface area (Å²) in [6.45, 7) is 0.256. The van der Waals surface area contributed by atoms with E-state index in [2.05, 4.69) is 10.6 Å². The van der Waals surface area contributed by atoms with Crippen LogP contribution in [0.15, 0.2) is 24.3 Å². The van der Waals surface area contributed by atoms with Gasteiger partial charge in [-0.2, -0.15) is 0 Å². The van der Waals surface area contributed by atoms with Crippen molar-refractivity contribution in [2.75, 3.05) is 23.7 Å². The molecule has 0 bridgehead atoms. The zero-order valence-corrected chi connectivity index (χ0v) is 12.5. The summed E-state index contributed by atoms with van der Waals surface area (Å²) in [5.41, 5.74) is 0.364. The first-order valence-corrected chi connectivity index (χ1v) is 8.49. The third-order valence-corrected chi connectivity index (χ3v) is 4.22. The van der Waals surface area contributed by atoms with Crippen LogP contribution in [-0.4, -0.2) is 39.8 Å². The molecule has 116 valence electrons. The third-order valence-electron chi connectivity index (χ3n) is 3.03. The summed E-state index contributed by atoms with van der Waals surface area (Å²) >= 11 is 0. The quantitative estimate of drug-likeness (QED) is 0.824. The van der Waals surface area contributed by atoms with Gasteiger partial charge in [-0.3, -0.25) is 4.31 Å². The normalized spacial score (nSPS) is 14.6. The molecule has 6 nitrogen and oxygen atoms in total. The van der Waals surface area contributed by atoms with E-state index in [1.807, 2.05) is 0 Å². The molecule has 0 heterocycles. The summed E-state index contributed by atoms with van der Waals surface area (Å²) in [6.07, 6.45) is 3.04. The molecule has 2 rings (SSSR count). The Bertz CT molecular complexity index is 600. The number of urea groups is 1. The van der Waals surface area contributed by atoms with E-state index in [4.69, 9.17) is 0 Å². The highest BCUT2D eigenvalue weighted by molar-refractivity contribution is 7.92. The summed E-state index contributed by atoms with van der Waals surface area (Å²) in [5.74, 6) is -0.436. The second-order valence-electron chi connectivity index (χ2n) is 4.99. The molecule has 0 atom stereocenters. The van der Waals surface area contributed by atoms with E-state index in [9.17, 15) is 17.6 Å². The van der Waals surface area contributed by atoms with E-state index in [0.717, 1.165) is 23.4 Å². The fraction of sp³-hybridized carbons (Fsp3) is 0.462. The van der Waals surface area contributed by atoms with E-state index < -0.39 is 15.8 Å². The molecule has 0 saturated heterocycles. The second-order valence-corrected chi connectivity index (χ2v) is 6.89. The van der Waals surface area contributed by atoms with Crippen molar-refractivity contribution in [2.24, 2.45) is 0 Å². The lowest BCUT2D eigenvalue weighted by atomic mass is 10.3. The van der Waals surface area contributed by atoms with Crippen molar-refractivity contribution in [3.8, 4) is 0 Å². The maximum absolute atomic E-state index is 12.9. The maximum atomic E-state index is 12.9. The second kappa shape index (κ2) is 6.30. The Kier molecular flexibility index (Phi) is 4.66. The standard InChI is InChI=1S/C13H18FN3O3S/c1-21(19,20)17(12-6-2-10(14)3-7-12)9-8-15-13(18)16-11-4-5-11/h2-3,6-7,11H,4-5,8-9H2,1H3,(H2,15,16,18). The summed E-state index contributed by atoms with van der Waals surface area (Å²) in [4.78, 5) is 11.5. The number of hydrogen-bond donors (Lipinski definition) is 2. The summed E-state index contributed by atoms with van der Waals surface area (Å²) in [7, 11) is -3.50. The van der Waals surface area contributed by atoms with Gasteiger partial charge in [0.05, 0.1) is 18.5 Å². The Morgan fingerprint density at radius 1 is 1.33 bits per heavy atom. The van der Waals surface area contributed by atoms with Crippen molar-refractivity contribution < 1.29 is 17.6 Å². The monoisotopic (exact) mass is 315 g/mol. The van der Waals surface area contributed by atoms with E-state index in [1.54, 1.807) is 0 Å². The molecule has 21 heavy (non-hydrogen) atoms. The predicted molar refractivity (Wildman–Crippen MR) is 78.1 cm³/mol. The minimum Gasteiger partial charge on any atom is -0.336 e. The number of nitrogens with zero attached hydrogens (tertiary/aromatic N) is 1. The van der Waals surface area contributed by atoms with Crippen LogP contribution in [0.25, 0.3) is 0 Å². The topological polar surface area (TPSA) is 78.5 Å². The van der Waals surface area contributed by atoms with Gasteiger partial charge in [-0.15, -0.1) is 0 Å². The van der Waals surface area contributed by atoms with Gasteiger partial charge in [-0.05, 0) is 37.1 Å². The van der Waals surface area contributed by atoms with E-state index in [1.165, 1.54) is 24.3 Å². The van der Waals surface area contributed by atoms with Gasteiger partial charge >= 0.3 is 6.03 Å². The molecule has 0 unspecified atom stereocenters. The average Bonchev–Trinajstić information content (AvgIpc) is 3.18. The minimum atomic E-state index is -3.50. The Morgan fingerprint density at radius 2 is 1.95 bits per heavy atom. The molecule has 0 aromatic heterocycles. The van der Waals surface area contributed by atoms with Crippen LogP contribution in [-0.2, 0) is 10.0 Å². The lowest BCUT2D eigenvalue weighted by Gasteiger charge is -2.22. The van der Waals surface area contributed by atoms with E-state index in [-0.39, 0.29) is 25.2 Å². The van der Waals surface area contributed by atoms with Crippen molar-refractivity contribution in [1.29, 1.82) is 0 Å². The number of hydrogen-bond acceptors (Lipinski definition) is 3. The molecule has 8 heteroatoms. The predicted octanol–water partition coefficient (Wildman–Crippen LogP) is 1.05. The van der Waals surface area contributed by atoms with Crippen LogP contribution in [0, 0.1) is 5.82 Å². The summed E-state index contributed by atoms with van der Waals surface area (Å²) in [6, 6.07) is 5.11. The number of rotatable bonds is 6. The largest absolute Gasteiger partial charge is 0.336 e. The SMILES string of the molecule is CS(=O)(=O)N(CCNC(=O)NC1CC1)c1ccc(F)cc1. The molecule has 1 aromatic rings. The van der Waals surface area contributed by atoms with Gasteiger partial charge in [-0.1, -0.05) is 0 Å². The lowest BCUT2D eigenvalue weighted by Crippen LogP contribution is -2.42. The molecule has 1 saturated carbocycles. The van der Waals surface area contributed by atoms with Crippen LogP contribution < -0.4 is 14.9 Å². The van der Waals surface area contributed by atoms with Crippen LogP contribution in [0.1, 0.15) is 12.8 Å². The highest BCUT2D eigenvalue weighted by Crippen LogP contribution is 2.18.